The lowest BCUT2D eigenvalue weighted by Gasteiger charge is -2.27. The summed E-state index contributed by atoms with van der Waals surface area (Å²) in [5, 5.41) is 1.34. The van der Waals surface area contributed by atoms with Crippen molar-refractivity contribution in [2.45, 2.75) is 39.5 Å². The number of hydrogen-bond acceptors (Lipinski definition) is 0. The Morgan fingerprint density at radius 2 is 1.86 bits per heavy atom. The van der Waals surface area contributed by atoms with Crippen molar-refractivity contribution in [3.05, 3.63) is 65.9 Å². The Morgan fingerprint density at radius 3 is 2.45 bits per heavy atom. The van der Waals surface area contributed by atoms with E-state index in [4.69, 9.17) is 0 Å². The second kappa shape index (κ2) is 5.64. The van der Waals surface area contributed by atoms with Crippen LogP contribution in [0.3, 0.4) is 0 Å². The Hall–Kier alpha value is -2.02. The standard InChI is InChI=1S/C21H25N/c1-5-16(15(3)4)20-19(21(6-2)13-9-10-14-21)17-11-7-8-12-18(17)22-20/h5,7-15,22H,6H2,1-4H3. The van der Waals surface area contributed by atoms with Crippen LogP contribution in [0.2, 0.25) is 0 Å². The van der Waals surface area contributed by atoms with Crippen LogP contribution in [0, 0.1) is 5.92 Å². The first-order chi connectivity index (χ1) is 10.6. The molecular formula is C21H25N. The number of fused-ring (bicyclic) bond motifs is 1. The van der Waals surface area contributed by atoms with Crippen LogP contribution in [-0.2, 0) is 5.41 Å². The first-order valence-corrected chi connectivity index (χ1v) is 8.27. The van der Waals surface area contributed by atoms with E-state index in [-0.39, 0.29) is 5.41 Å². The Morgan fingerprint density at radius 1 is 1.18 bits per heavy atom. The number of para-hydroxylation sites is 1. The highest BCUT2D eigenvalue weighted by atomic mass is 14.7. The number of allylic oxidation sites excluding steroid dienone is 6. The van der Waals surface area contributed by atoms with Crippen molar-refractivity contribution in [1.29, 1.82) is 0 Å². The van der Waals surface area contributed by atoms with E-state index in [1.807, 2.05) is 0 Å². The molecule has 114 valence electrons. The van der Waals surface area contributed by atoms with Gasteiger partial charge in [0.05, 0.1) is 0 Å². The number of nitrogens with one attached hydrogen (secondary N) is 1. The van der Waals surface area contributed by atoms with Crippen LogP contribution < -0.4 is 0 Å². The third-order valence-corrected chi connectivity index (χ3v) is 4.88. The topological polar surface area (TPSA) is 15.8 Å². The van der Waals surface area contributed by atoms with Crippen molar-refractivity contribution >= 4 is 16.5 Å². The maximum Gasteiger partial charge on any atom is 0.0467 e. The van der Waals surface area contributed by atoms with E-state index in [0.29, 0.717) is 5.92 Å². The molecule has 1 heteroatoms. The summed E-state index contributed by atoms with van der Waals surface area (Å²) in [7, 11) is 0. The van der Waals surface area contributed by atoms with Crippen LogP contribution in [0.1, 0.15) is 45.4 Å². The predicted molar refractivity (Wildman–Crippen MR) is 97.0 cm³/mol. The summed E-state index contributed by atoms with van der Waals surface area (Å²) in [6.45, 7) is 8.95. The summed E-state index contributed by atoms with van der Waals surface area (Å²) in [5.74, 6) is 0.500. The van der Waals surface area contributed by atoms with Gasteiger partial charge in [0.25, 0.3) is 0 Å². The SMILES string of the molecule is CC=C(c1[nH]c2ccccc2c1C1(CC)C=CC=C1)C(C)C. The lowest BCUT2D eigenvalue weighted by molar-refractivity contribution is 0.652. The van der Waals surface area contributed by atoms with Crippen LogP contribution in [0.5, 0.6) is 0 Å². The molecule has 1 nitrogen and oxygen atoms in total. The van der Waals surface area contributed by atoms with Crippen LogP contribution >= 0.6 is 0 Å². The van der Waals surface area contributed by atoms with Gasteiger partial charge in [-0.05, 0) is 36.5 Å². The second-order valence-electron chi connectivity index (χ2n) is 6.43. The van der Waals surface area contributed by atoms with E-state index < -0.39 is 0 Å². The zero-order chi connectivity index (χ0) is 15.7. The van der Waals surface area contributed by atoms with Crippen LogP contribution in [0.4, 0.5) is 0 Å². The minimum Gasteiger partial charge on any atom is -0.355 e. The van der Waals surface area contributed by atoms with E-state index in [0.717, 1.165) is 6.42 Å². The molecule has 1 aromatic carbocycles. The first kappa shape index (κ1) is 14.9. The monoisotopic (exact) mass is 291 g/mol. The molecule has 0 bridgehead atoms. The molecule has 0 radical (unpaired) electrons. The summed E-state index contributed by atoms with van der Waals surface area (Å²) in [6.07, 6.45) is 12.4. The third-order valence-electron chi connectivity index (χ3n) is 4.88. The van der Waals surface area contributed by atoms with E-state index in [2.05, 4.69) is 87.3 Å². The Bertz CT molecular complexity index is 756. The van der Waals surface area contributed by atoms with Crippen LogP contribution in [0.25, 0.3) is 16.5 Å². The number of aromatic amines is 1. The average Bonchev–Trinajstić information content (AvgIpc) is 3.12. The average molecular weight is 291 g/mol. The van der Waals surface area contributed by atoms with Gasteiger partial charge >= 0.3 is 0 Å². The van der Waals surface area contributed by atoms with Crippen molar-refractivity contribution in [3.8, 4) is 0 Å². The quantitative estimate of drug-likeness (QED) is 0.711. The maximum absolute atomic E-state index is 3.70. The van der Waals surface area contributed by atoms with Gasteiger partial charge in [0.15, 0.2) is 0 Å². The van der Waals surface area contributed by atoms with Gasteiger partial charge in [0.2, 0.25) is 0 Å². The fourth-order valence-corrected chi connectivity index (χ4v) is 3.70. The Labute approximate surface area is 133 Å². The predicted octanol–water partition coefficient (Wildman–Crippen LogP) is 6.00. The largest absolute Gasteiger partial charge is 0.355 e. The van der Waals surface area contributed by atoms with E-state index in [1.165, 1.54) is 27.7 Å². The highest BCUT2D eigenvalue weighted by Gasteiger charge is 2.33. The third kappa shape index (κ3) is 2.16. The molecular weight excluding hydrogens is 266 g/mol. The highest BCUT2D eigenvalue weighted by molar-refractivity contribution is 5.91. The molecule has 0 saturated carbocycles. The molecule has 0 spiro atoms. The zero-order valence-electron chi connectivity index (χ0n) is 14.0. The Kier molecular flexibility index (Phi) is 3.82. The lowest BCUT2D eigenvalue weighted by Crippen LogP contribution is -2.19. The Balaban J connectivity index is 2.36. The number of benzene rings is 1. The smallest absolute Gasteiger partial charge is 0.0467 e. The molecule has 1 aromatic heterocycles. The van der Waals surface area contributed by atoms with Crippen LogP contribution in [0.15, 0.2) is 54.6 Å². The molecule has 1 aliphatic rings. The van der Waals surface area contributed by atoms with Crippen molar-refractivity contribution in [2.24, 2.45) is 5.92 Å². The zero-order valence-corrected chi connectivity index (χ0v) is 14.0. The molecule has 0 aliphatic heterocycles. The van der Waals surface area contributed by atoms with Crippen molar-refractivity contribution < 1.29 is 0 Å². The van der Waals surface area contributed by atoms with Crippen molar-refractivity contribution in [1.82, 2.24) is 4.98 Å². The van der Waals surface area contributed by atoms with Gasteiger partial charge in [-0.1, -0.05) is 69.4 Å². The van der Waals surface area contributed by atoms with E-state index in [1.54, 1.807) is 0 Å². The van der Waals surface area contributed by atoms with Crippen LogP contribution in [-0.4, -0.2) is 4.98 Å². The number of rotatable bonds is 4. The molecule has 0 fully saturated rings. The van der Waals surface area contributed by atoms with Gasteiger partial charge in [-0.2, -0.15) is 0 Å². The molecule has 3 rings (SSSR count). The molecule has 0 saturated heterocycles. The number of aromatic nitrogens is 1. The molecule has 1 aliphatic carbocycles. The van der Waals surface area contributed by atoms with E-state index in [9.17, 15) is 0 Å². The van der Waals surface area contributed by atoms with Crippen molar-refractivity contribution in [3.63, 3.8) is 0 Å². The summed E-state index contributed by atoms with van der Waals surface area (Å²) >= 11 is 0. The molecule has 0 atom stereocenters. The molecule has 2 aromatic rings. The summed E-state index contributed by atoms with van der Waals surface area (Å²) in [4.78, 5) is 3.70. The summed E-state index contributed by atoms with van der Waals surface area (Å²) in [6, 6.07) is 8.67. The fraction of sp³-hybridized carbons (Fsp3) is 0.333. The van der Waals surface area contributed by atoms with Gasteiger partial charge in [0, 0.05) is 22.0 Å². The lowest BCUT2D eigenvalue weighted by atomic mass is 9.76. The van der Waals surface area contributed by atoms with Gasteiger partial charge in [-0.25, -0.2) is 0 Å². The van der Waals surface area contributed by atoms with E-state index >= 15 is 0 Å². The molecule has 1 N–H and O–H groups in total. The van der Waals surface area contributed by atoms with Gasteiger partial charge < -0.3 is 4.98 Å². The molecule has 0 amide bonds. The van der Waals surface area contributed by atoms with Gasteiger partial charge in [-0.15, -0.1) is 0 Å². The highest BCUT2D eigenvalue weighted by Crippen LogP contribution is 2.44. The summed E-state index contributed by atoms with van der Waals surface area (Å²) in [5.41, 5.74) is 5.37. The number of H-pyrrole nitrogens is 1. The maximum atomic E-state index is 3.70. The fourth-order valence-electron chi connectivity index (χ4n) is 3.70. The number of hydrogen-bond donors (Lipinski definition) is 1. The molecule has 0 unspecified atom stereocenters. The van der Waals surface area contributed by atoms with Gasteiger partial charge in [0.1, 0.15) is 0 Å². The minimum absolute atomic E-state index is 0.0120. The normalized spacial score (nSPS) is 17.0. The van der Waals surface area contributed by atoms with Crippen molar-refractivity contribution in [2.75, 3.05) is 0 Å². The molecule has 22 heavy (non-hydrogen) atoms. The first-order valence-electron chi connectivity index (χ1n) is 8.27. The minimum atomic E-state index is 0.0120. The molecule has 1 heterocycles. The summed E-state index contributed by atoms with van der Waals surface area (Å²) < 4.78 is 0. The van der Waals surface area contributed by atoms with Gasteiger partial charge in [-0.3, -0.25) is 0 Å². The second-order valence-corrected chi connectivity index (χ2v) is 6.43.